The van der Waals surface area contributed by atoms with Crippen molar-refractivity contribution in [3.05, 3.63) is 81.5 Å². The average Bonchev–Trinajstić information content (AvgIpc) is 3.17. The minimum absolute atomic E-state index is 0.228. The Kier molecular flexibility index (Phi) is 6.32. The van der Waals surface area contributed by atoms with Crippen LogP contribution in [0.5, 0.6) is 5.75 Å². The third-order valence-electron chi connectivity index (χ3n) is 4.36. The fourth-order valence-electron chi connectivity index (χ4n) is 2.97. The number of carbonyl (C=O) groups excluding carboxylic acids is 1. The van der Waals surface area contributed by atoms with Gasteiger partial charge in [0.15, 0.2) is 5.13 Å². The van der Waals surface area contributed by atoms with Crippen LogP contribution >= 0.6 is 38.9 Å². The average molecular weight is 503 g/mol. The van der Waals surface area contributed by atoms with Crippen LogP contribution in [0.15, 0.2) is 65.4 Å². The zero-order valence-electron chi connectivity index (χ0n) is 16.0. The summed E-state index contributed by atoms with van der Waals surface area (Å²) in [6.45, 7) is 2.86. The molecule has 0 bridgehead atoms. The van der Waals surface area contributed by atoms with Gasteiger partial charge >= 0.3 is 0 Å². The molecule has 0 unspecified atom stereocenters. The van der Waals surface area contributed by atoms with Gasteiger partial charge in [-0.25, -0.2) is 4.98 Å². The van der Waals surface area contributed by atoms with Crippen LogP contribution in [0, 0.1) is 0 Å². The van der Waals surface area contributed by atoms with E-state index in [2.05, 4.69) is 20.9 Å². The molecule has 4 rings (SSSR count). The Labute approximate surface area is 191 Å². The van der Waals surface area contributed by atoms with Crippen LogP contribution in [-0.4, -0.2) is 22.5 Å². The van der Waals surface area contributed by atoms with Crippen LogP contribution in [0.1, 0.15) is 22.8 Å². The molecule has 0 atom stereocenters. The molecule has 2 heterocycles. The number of halogens is 2. The summed E-state index contributed by atoms with van der Waals surface area (Å²) in [6, 6.07) is 14.7. The Hall–Kier alpha value is -2.48. The van der Waals surface area contributed by atoms with Gasteiger partial charge in [0.05, 0.1) is 34.0 Å². The topological polar surface area (TPSA) is 55.3 Å². The summed E-state index contributed by atoms with van der Waals surface area (Å²) >= 11 is 11.2. The van der Waals surface area contributed by atoms with Crippen molar-refractivity contribution < 1.29 is 9.53 Å². The number of nitrogens with zero attached hydrogens (tertiary/aromatic N) is 3. The first-order valence-electron chi connectivity index (χ1n) is 9.24. The lowest BCUT2D eigenvalue weighted by Gasteiger charge is -2.20. The lowest BCUT2D eigenvalue weighted by atomic mass is 10.2. The fraction of sp³-hybridized carbons (Fsp3) is 0.136. The van der Waals surface area contributed by atoms with E-state index in [0.717, 1.165) is 26.0 Å². The van der Waals surface area contributed by atoms with Gasteiger partial charge < -0.3 is 4.74 Å². The van der Waals surface area contributed by atoms with Gasteiger partial charge in [-0.05, 0) is 55.0 Å². The lowest BCUT2D eigenvalue weighted by molar-refractivity contribution is 0.0985. The van der Waals surface area contributed by atoms with Crippen molar-refractivity contribution >= 4 is 60.1 Å². The predicted octanol–water partition coefficient (Wildman–Crippen LogP) is 6.35. The zero-order valence-corrected chi connectivity index (χ0v) is 19.2. The zero-order chi connectivity index (χ0) is 21.1. The monoisotopic (exact) mass is 501 g/mol. The van der Waals surface area contributed by atoms with E-state index in [1.54, 1.807) is 35.5 Å². The van der Waals surface area contributed by atoms with Crippen LogP contribution in [0.3, 0.4) is 0 Å². The molecule has 2 aromatic heterocycles. The highest BCUT2D eigenvalue weighted by molar-refractivity contribution is 9.10. The van der Waals surface area contributed by atoms with Gasteiger partial charge in [0, 0.05) is 16.9 Å². The molecule has 0 spiro atoms. The molecule has 0 fully saturated rings. The number of anilines is 1. The molecule has 8 heteroatoms. The van der Waals surface area contributed by atoms with Crippen molar-refractivity contribution in [2.75, 3.05) is 11.5 Å². The molecule has 4 aromatic rings. The second-order valence-electron chi connectivity index (χ2n) is 6.44. The molecule has 2 aromatic carbocycles. The predicted molar refractivity (Wildman–Crippen MR) is 125 cm³/mol. The first kappa shape index (κ1) is 20.8. The second kappa shape index (κ2) is 9.12. The molecular weight excluding hydrogens is 486 g/mol. The number of thiazole rings is 1. The first-order valence-corrected chi connectivity index (χ1v) is 11.2. The highest BCUT2D eigenvalue weighted by atomic mass is 79.9. The molecule has 152 valence electrons. The van der Waals surface area contributed by atoms with Gasteiger partial charge in [-0.2, -0.15) is 0 Å². The van der Waals surface area contributed by atoms with Crippen LogP contribution in [-0.2, 0) is 6.54 Å². The van der Waals surface area contributed by atoms with E-state index in [0.29, 0.717) is 28.9 Å². The van der Waals surface area contributed by atoms with Gasteiger partial charge in [-0.3, -0.25) is 14.7 Å². The third-order valence-corrected chi connectivity index (χ3v) is 6.22. The van der Waals surface area contributed by atoms with E-state index in [1.807, 2.05) is 37.3 Å². The van der Waals surface area contributed by atoms with Crippen molar-refractivity contribution in [3.8, 4) is 5.75 Å². The third kappa shape index (κ3) is 4.48. The Bertz CT molecular complexity index is 1200. The van der Waals surface area contributed by atoms with Gasteiger partial charge in [0.25, 0.3) is 5.91 Å². The van der Waals surface area contributed by atoms with Crippen LogP contribution in [0.2, 0.25) is 5.02 Å². The molecule has 0 aliphatic heterocycles. The molecule has 30 heavy (non-hydrogen) atoms. The number of carbonyl (C=O) groups is 1. The molecule has 5 nitrogen and oxygen atoms in total. The maximum atomic E-state index is 13.5. The number of hydrogen-bond donors (Lipinski definition) is 0. The Morgan fingerprint density at radius 1 is 1.23 bits per heavy atom. The summed E-state index contributed by atoms with van der Waals surface area (Å²) in [6.07, 6.45) is 3.44. The van der Waals surface area contributed by atoms with E-state index < -0.39 is 0 Å². The summed E-state index contributed by atoms with van der Waals surface area (Å²) in [5.41, 5.74) is 2.11. The van der Waals surface area contributed by atoms with Crippen molar-refractivity contribution in [2.24, 2.45) is 0 Å². The van der Waals surface area contributed by atoms with E-state index in [9.17, 15) is 4.79 Å². The maximum absolute atomic E-state index is 13.5. The van der Waals surface area contributed by atoms with Gasteiger partial charge in [0.1, 0.15) is 5.75 Å². The quantitative estimate of drug-likeness (QED) is 0.308. The molecule has 0 saturated carbocycles. The molecule has 0 saturated heterocycles. The summed E-state index contributed by atoms with van der Waals surface area (Å²) in [5.74, 6) is 0.551. The van der Waals surface area contributed by atoms with Crippen molar-refractivity contribution in [1.82, 2.24) is 9.97 Å². The fourth-order valence-corrected chi connectivity index (χ4v) is 4.52. The van der Waals surface area contributed by atoms with Crippen molar-refractivity contribution in [2.45, 2.75) is 13.5 Å². The number of aromatic nitrogens is 2. The molecule has 0 aliphatic carbocycles. The normalized spacial score (nSPS) is 10.9. The summed E-state index contributed by atoms with van der Waals surface area (Å²) < 4.78 is 7.32. The lowest BCUT2D eigenvalue weighted by Crippen LogP contribution is -2.30. The van der Waals surface area contributed by atoms with E-state index in [4.69, 9.17) is 21.3 Å². The number of ether oxygens (including phenoxy) is 1. The number of pyridine rings is 1. The minimum atomic E-state index is -0.228. The number of benzene rings is 2. The smallest absolute Gasteiger partial charge is 0.261 e. The Morgan fingerprint density at radius 2 is 2.10 bits per heavy atom. The van der Waals surface area contributed by atoms with Crippen molar-refractivity contribution in [1.29, 1.82) is 0 Å². The molecule has 0 aliphatic rings. The highest BCUT2D eigenvalue weighted by Gasteiger charge is 2.24. The van der Waals surface area contributed by atoms with Gasteiger partial charge in [-0.15, -0.1) is 0 Å². The van der Waals surface area contributed by atoms with Gasteiger partial charge in [-0.1, -0.05) is 44.9 Å². The summed E-state index contributed by atoms with van der Waals surface area (Å²) in [4.78, 5) is 24.0. The molecule has 0 N–H and O–H groups in total. The molecular formula is C22H17BrClN3O2S. The number of rotatable bonds is 6. The van der Waals surface area contributed by atoms with Crippen molar-refractivity contribution in [3.63, 3.8) is 0 Å². The molecule has 1 amide bonds. The largest absolute Gasteiger partial charge is 0.494 e. The van der Waals surface area contributed by atoms with Crippen LogP contribution in [0.25, 0.3) is 10.2 Å². The number of fused-ring (bicyclic) bond motifs is 1. The SMILES string of the molecule is CCOc1ccc2nc(N(Cc3cccnc3)C(=O)c3cc(Br)ccc3Cl)sc2c1. The van der Waals surface area contributed by atoms with Crippen LogP contribution in [0.4, 0.5) is 5.13 Å². The van der Waals surface area contributed by atoms with Gasteiger partial charge in [0.2, 0.25) is 0 Å². The first-order chi connectivity index (χ1) is 14.5. The van der Waals surface area contributed by atoms with E-state index in [1.165, 1.54) is 11.3 Å². The van der Waals surface area contributed by atoms with E-state index in [-0.39, 0.29) is 5.91 Å². The molecule has 0 radical (unpaired) electrons. The Balaban J connectivity index is 1.77. The van der Waals surface area contributed by atoms with Crippen LogP contribution < -0.4 is 9.64 Å². The Morgan fingerprint density at radius 3 is 2.87 bits per heavy atom. The standard InChI is InChI=1S/C22H17BrClN3O2S/c1-2-29-16-6-8-19-20(11-16)30-22(26-19)27(13-14-4-3-9-25-12-14)21(28)17-10-15(23)5-7-18(17)24/h3-12H,2,13H2,1H3. The second-order valence-corrected chi connectivity index (χ2v) is 8.77. The maximum Gasteiger partial charge on any atom is 0.261 e. The highest BCUT2D eigenvalue weighted by Crippen LogP contribution is 2.34. The summed E-state index contributed by atoms with van der Waals surface area (Å²) in [5, 5.41) is 0.975. The summed E-state index contributed by atoms with van der Waals surface area (Å²) in [7, 11) is 0. The number of amides is 1. The minimum Gasteiger partial charge on any atom is -0.494 e. The van der Waals surface area contributed by atoms with E-state index >= 15 is 0 Å². The number of hydrogen-bond acceptors (Lipinski definition) is 5.